The molecule has 3 rings (SSSR count). The van der Waals surface area contributed by atoms with E-state index in [2.05, 4.69) is 16.0 Å². The smallest absolute Gasteiger partial charge is 0.267 e. The van der Waals surface area contributed by atoms with Gasteiger partial charge >= 0.3 is 0 Å². The number of anilines is 4. The van der Waals surface area contributed by atoms with Gasteiger partial charge in [0.25, 0.3) is 5.91 Å². The van der Waals surface area contributed by atoms with Gasteiger partial charge in [-0.2, -0.15) is 5.26 Å². The molecule has 0 unspecified atom stereocenters. The minimum absolute atomic E-state index is 0.00649. The minimum atomic E-state index is -0.456. The van der Waals surface area contributed by atoms with Crippen LogP contribution in [0.25, 0.3) is 0 Å². The van der Waals surface area contributed by atoms with Gasteiger partial charge in [0.15, 0.2) is 0 Å². The molecule has 5 heteroatoms. The zero-order valence-corrected chi connectivity index (χ0v) is 15.4. The van der Waals surface area contributed by atoms with Gasteiger partial charge < -0.3 is 16.0 Å². The van der Waals surface area contributed by atoms with Crippen LogP contribution >= 0.6 is 0 Å². The molecule has 0 saturated heterocycles. The lowest BCUT2D eigenvalue weighted by atomic mass is 10.2. The van der Waals surface area contributed by atoms with Crippen molar-refractivity contribution >= 4 is 28.7 Å². The maximum atomic E-state index is 12.3. The molecule has 0 aliphatic carbocycles. The van der Waals surface area contributed by atoms with E-state index in [1.807, 2.05) is 85.8 Å². The molecular weight excluding hydrogens is 348 g/mol. The third kappa shape index (κ3) is 5.23. The van der Waals surface area contributed by atoms with E-state index < -0.39 is 5.91 Å². The summed E-state index contributed by atoms with van der Waals surface area (Å²) in [5, 5.41) is 18.3. The van der Waals surface area contributed by atoms with Gasteiger partial charge in [0.2, 0.25) is 0 Å². The van der Waals surface area contributed by atoms with Gasteiger partial charge in [-0.25, -0.2) is 0 Å². The average Bonchev–Trinajstić information content (AvgIpc) is 2.70. The highest BCUT2D eigenvalue weighted by atomic mass is 16.1. The molecule has 0 aliphatic heterocycles. The van der Waals surface area contributed by atoms with Crippen molar-refractivity contribution in [1.29, 1.82) is 5.26 Å². The van der Waals surface area contributed by atoms with Gasteiger partial charge in [0.1, 0.15) is 11.6 Å². The Morgan fingerprint density at radius 2 is 1.50 bits per heavy atom. The second-order valence-corrected chi connectivity index (χ2v) is 6.21. The van der Waals surface area contributed by atoms with Crippen molar-refractivity contribution in [3.05, 3.63) is 96.2 Å². The largest absolute Gasteiger partial charge is 0.360 e. The van der Waals surface area contributed by atoms with Gasteiger partial charge in [-0.15, -0.1) is 0 Å². The quantitative estimate of drug-likeness (QED) is 0.413. The molecule has 0 saturated carbocycles. The number of carbonyl (C=O) groups is 1. The molecule has 1 amide bonds. The fourth-order valence-electron chi connectivity index (χ4n) is 2.56. The molecule has 0 heterocycles. The van der Waals surface area contributed by atoms with Crippen LogP contribution in [-0.4, -0.2) is 5.91 Å². The number of benzene rings is 3. The fourth-order valence-corrected chi connectivity index (χ4v) is 2.56. The first-order valence-electron chi connectivity index (χ1n) is 8.81. The first-order chi connectivity index (χ1) is 13.6. The topological polar surface area (TPSA) is 77.0 Å². The molecule has 28 heavy (non-hydrogen) atoms. The molecule has 0 spiro atoms. The predicted octanol–water partition coefficient (Wildman–Crippen LogP) is 5.20. The van der Waals surface area contributed by atoms with Crippen LogP contribution in [0.3, 0.4) is 0 Å². The summed E-state index contributed by atoms with van der Waals surface area (Å²) in [7, 11) is 0. The van der Waals surface area contributed by atoms with E-state index in [4.69, 9.17) is 0 Å². The number of nitrogens with zero attached hydrogens (tertiary/aromatic N) is 1. The number of aryl methyl sites for hydroxylation is 1. The van der Waals surface area contributed by atoms with Crippen LogP contribution in [-0.2, 0) is 4.79 Å². The van der Waals surface area contributed by atoms with Gasteiger partial charge in [0.05, 0.1) is 0 Å². The van der Waals surface area contributed by atoms with E-state index in [0.29, 0.717) is 5.69 Å². The molecule has 3 aromatic rings. The fraction of sp³-hybridized carbons (Fsp3) is 0.0435. The summed E-state index contributed by atoms with van der Waals surface area (Å²) in [5.41, 5.74) is 4.40. The summed E-state index contributed by atoms with van der Waals surface area (Å²) in [5.74, 6) is -0.456. The Labute approximate surface area is 164 Å². The molecule has 138 valence electrons. The Balaban J connectivity index is 1.62. The lowest BCUT2D eigenvalue weighted by Crippen LogP contribution is -2.14. The summed E-state index contributed by atoms with van der Waals surface area (Å²) in [4.78, 5) is 12.3. The summed E-state index contributed by atoms with van der Waals surface area (Å²) in [6, 6.07) is 26.8. The Bertz CT molecular complexity index is 1020. The van der Waals surface area contributed by atoms with E-state index in [0.717, 1.165) is 22.6 Å². The summed E-state index contributed by atoms with van der Waals surface area (Å²) in [6.07, 6.45) is 1.41. The van der Waals surface area contributed by atoms with E-state index in [1.165, 1.54) is 6.20 Å². The Morgan fingerprint density at radius 1 is 0.857 bits per heavy atom. The van der Waals surface area contributed by atoms with Crippen molar-refractivity contribution in [2.75, 3.05) is 16.0 Å². The van der Waals surface area contributed by atoms with Crippen molar-refractivity contribution in [2.45, 2.75) is 6.92 Å². The number of carbonyl (C=O) groups excluding carboxylic acids is 1. The molecule has 0 aliphatic rings. The minimum Gasteiger partial charge on any atom is -0.360 e. The normalized spacial score (nSPS) is 10.6. The maximum absolute atomic E-state index is 12.3. The molecule has 3 N–H and O–H groups in total. The summed E-state index contributed by atoms with van der Waals surface area (Å²) >= 11 is 0. The number of hydrogen-bond donors (Lipinski definition) is 3. The van der Waals surface area contributed by atoms with Crippen molar-refractivity contribution in [3.8, 4) is 6.07 Å². The average molecular weight is 368 g/mol. The Hall–Kier alpha value is -4.04. The highest BCUT2D eigenvalue weighted by Crippen LogP contribution is 2.19. The number of rotatable bonds is 6. The lowest BCUT2D eigenvalue weighted by Gasteiger charge is -2.08. The number of para-hydroxylation sites is 1. The van der Waals surface area contributed by atoms with E-state index in [-0.39, 0.29) is 5.57 Å². The molecule has 0 radical (unpaired) electrons. The number of amides is 1. The molecule has 0 fully saturated rings. The highest BCUT2D eigenvalue weighted by Gasteiger charge is 2.09. The van der Waals surface area contributed by atoms with Crippen molar-refractivity contribution in [3.63, 3.8) is 0 Å². The van der Waals surface area contributed by atoms with Crippen molar-refractivity contribution < 1.29 is 4.79 Å². The molecule has 0 atom stereocenters. The second-order valence-electron chi connectivity index (χ2n) is 6.21. The molecule has 0 aromatic heterocycles. The van der Waals surface area contributed by atoms with Crippen LogP contribution in [0, 0.1) is 18.3 Å². The van der Waals surface area contributed by atoms with Crippen LogP contribution in [0.1, 0.15) is 5.56 Å². The van der Waals surface area contributed by atoms with Crippen LogP contribution in [0.4, 0.5) is 22.7 Å². The SMILES string of the molecule is Cc1cccc(NC(=O)/C(C#N)=C\Nc2ccc(Nc3ccccc3)cc2)c1. The zero-order valence-electron chi connectivity index (χ0n) is 15.4. The third-order valence-electron chi connectivity index (χ3n) is 3.97. The van der Waals surface area contributed by atoms with Crippen molar-refractivity contribution in [1.82, 2.24) is 0 Å². The zero-order chi connectivity index (χ0) is 19.8. The lowest BCUT2D eigenvalue weighted by molar-refractivity contribution is -0.112. The summed E-state index contributed by atoms with van der Waals surface area (Å²) in [6.45, 7) is 1.94. The van der Waals surface area contributed by atoms with E-state index >= 15 is 0 Å². The van der Waals surface area contributed by atoms with Gasteiger partial charge in [-0.1, -0.05) is 30.3 Å². The number of nitrogens with one attached hydrogen (secondary N) is 3. The van der Waals surface area contributed by atoms with Crippen LogP contribution < -0.4 is 16.0 Å². The van der Waals surface area contributed by atoms with Crippen LogP contribution in [0.15, 0.2) is 90.6 Å². The highest BCUT2D eigenvalue weighted by molar-refractivity contribution is 6.06. The van der Waals surface area contributed by atoms with Crippen molar-refractivity contribution in [2.24, 2.45) is 0 Å². The van der Waals surface area contributed by atoms with Gasteiger partial charge in [-0.3, -0.25) is 4.79 Å². The van der Waals surface area contributed by atoms with Crippen LogP contribution in [0.2, 0.25) is 0 Å². The van der Waals surface area contributed by atoms with Gasteiger partial charge in [0, 0.05) is 28.9 Å². The van der Waals surface area contributed by atoms with E-state index in [1.54, 1.807) is 6.07 Å². The first-order valence-corrected chi connectivity index (χ1v) is 8.81. The molecular formula is C23H20N4O. The number of nitriles is 1. The Kier molecular flexibility index (Phi) is 6.06. The Morgan fingerprint density at radius 3 is 2.18 bits per heavy atom. The van der Waals surface area contributed by atoms with Gasteiger partial charge in [-0.05, 0) is 61.0 Å². The summed E-state index contributed by atoms with van der Waals surface area (Å²) < 4.78 is 0. The number of hydrogen-bond acceptors (Lipinski definition) is 4. The first kappa shape index (κ1) is 18.7. The monoisotopic (exact) mass is 368 g/mol. The van der Waals surface area contributed by atoms with E-state index in [9.17, 15) is 10.1 Å². The molecule has 3 aromatic carbocycles. The second kappa shape index (κ2) is 9.06. The van der Waals surface area contributed by atoms with Crippen LogP contribution in [0.5, 0.6) is 0 Å². The molecule has 0 bridgehead atoms. The maximum Gasteiger partial charge on any atom is 0.267 e. The standard InChI is InChI=1S/C23H20N4O/c1-17-6-5-9-22(14-17)27-23(28)18(15-24)16-25-19-10-12-21(13-11-19)26-20-7-3-2-4-8-20/h2-14,16,25-26H,1H3,(H,27,28)/b18-16-. The molecule has 5 nitrogen and oxygen atoms in total. The predicted molar refractivity (Wildman–Crippen MR) is 113 cm³/mol. The third-order valence-corrected chi connectivity index (χ3v) is 3.97.